The van der Waals surface area contributed by atoms with Crippen molar-refractivity contribution in [1.82, 2.24) is 0 Å². The van der Waals surface area contributed by atoms with E-state index in [1.54, 1.807) is 0 Å². The van der Waals surface area contributed by atoms with Gasteiger partial charge < -0.3 is 19.7 Å². The first kappa shape index (κ1) is 38.2. The van der Waals surface area contributed by atoms with Gasteiger partial charge in [0.05, 0.1) is 13.2 Å². The van der Waals surface area contributed by atoms with Crippen molar-refractivity contribution < 1.29 is 19.7 Å². The number of hydrogen-bond donors (Lipinski definition) is 2. The smallest absolute Gasteiger partial charge is 0.135 e. The van der Waals surface area contributed by atoms with Crippen LogP contribution in [0.2, 0.25) is 0 Å². The van der Waals surface area contributed by atoms with E-state index in [9.17, 15) is 10.2 Å². The second-order valence-electron chi connectivity index (χ2n) is 15.5. The molecule has 9 aromatic carbocycles. The van der Waals surface area contributed by atoms with Crippen LogP contribution in [0.1, 0.15) is 28.7 Å². The van der Waals surface area contributed by atoms with E-state index in [-0.39, 0.29) is 11.5 Å². The fraction of sp³-hybridized carbons (Fsp3) is 0.107. The number of aryl methyl sites for hydroxylation is 2. The van der Waals surface area contributed by atoms with E-state index < -0.39 is 0 Å². The maximum atomic E-state index is 12.5. The van der Waals surface area contributed by atoms with Crippen LogP contribution in [-0.4, -0.2) is 23.4 Å². The second-order valence-corrected chi connectivity index (χ2v) is 15.5. The van der Waals surface area contributed by atoms with Gasteiger partial charge in [0.1, 0.15) is 23.0 Å². The molecule has 0 atom stereocenters. The number of fused-ring (bicyclic) bond motifs is 2. The normalized spacial score (nSPS) is 11.2. The predicted octanol–water partition coefficient (Wildman–Crippen LogP) is 14.1. The summed E-state index contributed by atoms with van der Waals surface area (Å²) in [5.74, 6) is 1.73. The molecule has 0 aliphatic carbocycles. The van der Waals surface area contributed by atoms with Gasteiger partial charge in [-0.3, -0.25) is 0 Å². The highest BCUT2D eigenvalue weighted by Crippen LogP contribution is 2.51. The molecule has 9 aromatic rings. The summed E-state index contributed by atoms with van der Waals surface area (Å²) in [5, 5.41) is 29.4. The molecule has 0 bridgehead atoms. The van der Waals surface area contributed by atoms with Gasteiger partial charge in [-0.2, -0.15) is 0 Å². The molecule has 0 aromatic heterocycles. The number of rotatable bonds is 12. The Kier molecular flexibility index (Phi) is 10.8. The van der Waals surface area contributed by atoms with Crippen LogP contribution in [-0.2, 0) is 6.42 Å². The minimum Gasteiger partial charge on any atom is -0.507 e. The van der Waals surface area contributed by atoms with E-state index in [2.05, 4.69) is 111 Å². The highest BCUT2D eigenvalue weighted by Gasteiger charge is 2.24. The van der Waals surface area contributed by atoms with Crippen LogP contribution in [0.3, 0.4) is 0 Å². The molecule has 4 heteroatoms. The van der Waals surface area contributed by atoms with Crippen LogP contribution in [0.4, 0.5) is 0 Å². The number of ether oxygens (including phenoxy) is 2. The van der Waals surface area contributed by atoms with Gasteiger partial charge in [0.2, 0.25) is 0 Å². The summed E-state index contributed by atoms with van der Waals surface area (Å²) < 4.78 is 13.0. The highest BCUT2D eigenvalue weighted by molar-refractivity contribution is 6.02. The van der Waals surface area contributed by atoms with E-state index in [0.717, 1.165) is 82.9 Å². The van der Waals surface area contributed by atoms with Gasteiger partial charge in [0.15, 0.2) is 0 Å². The molecule has 60 heavy (non-hydrogen) atoms. The summed E-state index contributed by atoms with van der Waals surface area (Å²) in [6.07, 6.45) is 1.25. The zero-order valence-corrected chi connectivity index (χ0v) is 33.9. The van der Waals surface area contributed by atoms with Crippen LogP contribution in [0, 0.1) is 13.8 Å². The first-order valence-electron chi connectivity index (χ1n) is 20.6. The van der Waals surface area contributed by atoms with E-state index in [4.69, 9.17) is 9.47 Å². The maximum absolute atomic E-state index is 12.5. The number of aromatic hydroxyl groups is 2. The Hall–Kier alpha value is -7.30. The van der Waals surface area contributed by atoms with Gasteiger partial charge >= 0.3 is 0 Å². The number of hydrogen-bond acceptors (Lipinski definition) is 4. The zero-order valence-electron chi connectivity index (χ0n) is 33.9. The Bertz CT molecular complexity index is 2800. The summed E-state index contributed by atoms with van der Waals surface area (Å²) in [4.78, 5) is 0. The number of para-hydroxylation sites is 1. The van der Waals surface area contributed by atoms with E-state index in [0.29, 0.717) is 42.9 Å². The molecule has 0 aliphatic rings. The third kappa shape index (κ3) is 7.80. The Labute approximate surface area is 351 Å². The van der Waals surface area contributed by atoms with E-state index in [1.807, 2.05) is 84.9 Å². The average Bonchev–Trinajstić information content (AvgIpc) is 3.28. The standard InChI is InChI=1S/C56H46O4/c1-37-30-48(46-26-13-20-41-18-9-11-24-44(41)46)54(57)50(32-37)52-35-40(34-39-16-5-3-6-17-39)36-53(56(52)60-29-15-28-59-43-22-7-4-8-23-43)51-33-38(2)31-49(55(51)58)47-27-14-21-42-19-10-12-25-45(42)47/h3-14,16-27,30-33,35-36,57-58H,15,28-29,34H2,1-2H3. The van der Waals surface area contributed by atoms with Crippen molar-refractivity contribution in [3.05, 3.63) is 204 Å². The quantitative estimate of drug-likeness (QED) is 0.121. The average molecular weight is 783 g/mol. The van der Waals surface area contributed by atoms with Crippen molar-refractivity contribution in [2.75, 3.05) is 13.2 Å². The van der Waals surface area contributed by atoms with E-state index in [1.165, 1.54) is 0 Å². The highest BCUT2D eigenvalue weighted by atomic mass is 16.5. The van der Waals surface area contributed by atoms with Crippen LogP contribution >= 0.6 is 0 Å². The molecule has 0 unspecified atom stereocenters. The molecule has 0 saturated carbocycles. The lowest BCUT2D eigenvalue weighted by Crippen LogP contribution is -2.07. The molecule has 9 rings (SSSR count). The lowest BCUT2D eigenvalue weighted by molar-refractivity contribution is 0.248. The van der Waals surface area contributed by atoms with Crippen LogP contribution in [0.25, 0.3) is 66.1 Å². The topological polar surface area (TPSA) is 58.9 Å². The molecule has 0 fully saturated rings. The molecule has 0 amide bonds. The van der Waals surface area contributed by atoms with Gasteiger partial charge in [0, 0.05) is 39.8 Å². The lowest BCUT2D eigenvalue weighted by atomic mass is 9.87. The monoisotopic (exact) mass is 782 g/mol. The van der Waals surface area contributed by atoms with Gasteiger partial charge in [-0.25, -0.2) is 0 Å². The van der Waals surface area contributed by atoms with Crippen molar-refractivity contribution in [3.8, 4) is 67.5 Å². The third-order valence-corrected chi connectivity index (χ3v) is 11.2. The van der Waals surface area contributed by atoms with Crippen molar-refractivity contribution in [3.63, 3.8) is 0 Å². The van der Waals surface area contributed by atoms with Crippen molar-refractivity contribution in [1.29, 1.82) is 0 Å². The van der Waals surface area contributed by atoms with Gasteiger partial charge in [-0.05, 0) is 124 Å². The first-order chi connectivity index (χ1) is 29.4. The fourth-order valence-electron chi connectivity index (χ4n) is 8.42. The Morgan fingerprint density at radius 1 is 0.383 bits per heavy atom. The largest absolute Gasteiger partial charge is 0.507 e. The molecular weight excluding hydrogens is 737 g/mol. The number of phenols is 2. The van der Waals surface area contributed by atoms with Crippen molar-refractivity contribution in [2.24, 2.45) is 0 Å². The lowest BCUT2D eigenvalue weighted by Gasteiger charge is -2.22. The van der Waals surface area contributed by atoms with Crippen molar-refractivity contribution in [2.45, 2.75) is 26.7 Å². The molecule has 294 valence electrons. The molecule has 0 spiro atoms. The summed E-state index contributed by atoms with van der Waals surface area (Å²) in [5.41, 5.74) is 10.4. The van der Waals surface area contributed by atoms with Gasteiger partial charge in [0.25, 0.3) is 0 Å². The minimum atomic E-state index is 0.168. The van der Waals surface area contributed by atoms with Crippen LogP contribution in [0.5, 0.6) is 23.0 Å². The molecule has 2 N–H and O–H groups in total. The maximum Gasteiger partial charge on any atom is 0.135 e. The van der Waals surface area contributed by atoms with E-state index >= 15 is 0 Å². The van der Waals surface area contributed by atoms with Crippen LogP contribution in [0.15, 0.2) is 182 Å². The van der Waals surface area contributed by atoms with Crippen molar-refractivity contribution >= 4 is 21.5 Å². The fourth-order valence-corrected chi connectivity index (χ4v) is 8.42. The summed E-state index contributed by atoms with van der Waals surface area (Å²) >= 11 is 0. The molecule has 0 saturated heterocycles. The molecule has 0 heterocycles. The van der Waals surface area contributed by atoms with Crippen LogP contribution < -0.4 is 9.47 Å². The summed E-state index contributed by atoms with van der Waals surface area (Å²) in [7, 11) is 0. The third-order valence-electron chi connectivity index (χ3n) is 11.2. The Morgan fingerprint density at radius 2 is 0.817 bits per heavy atom. The number of phenolic OH excluding ortho intramolecular Hbond substituents is 2. The Morgan fingerprint density at radius 3 is 1.35 bits per heavy atom. The van der Waals surface area contributed by atoms with Gasteiger partial charge in [-0.15, -0.1) is 0 Å². The molecule has 4 nitrogen and oxygen atoms in total. The summed E-state index contributed by atoms with van der Waals surface area (Å²) in [6.45, 7) is 4.94. The SMILES string of the molecule is Cc1cc(-c2cc(Cc3ccccc3)cc(-c3cc(C)cc(-c4cccc5ccccc45)c3O)c2OCCCOc2ccccc2)c(O)c(-c2cccc3ccccc23)c1. The zero-order chi connectivity index (χ0) is 41.0. The predicted molar refractivity (Wildman–Crippen MR) is 247 cm³/mol. The summed E-state index contributed by atoms with van der Waals surface area (Å²) in [6, 6.07) is 61.6. The molecular formula is C56H46O4. The first-order valence-corrected chi connectivity index (χ1v) is 20.6. The van der Waals surface area contributed by atoms with Gasteiger partial charge in [-0.1, -0.05) is 133 Å². The molecule has 0 aliphatic heterocycles. The second kappa shape index (κ2) is 16.9. The number of benzene rings is 9. The Balaban J connectivity index is 1.26. The molecule has 0 radical (unpaired) electrons. The minimum absolute atomic E-state index is 0.168.